The van der Waals surface area contributed by atoms with E-state index in [0.717, 1.165) is 15.7 Å². The van der Waals surface area contributed by atoms with Crippen LogP contribution in [0.5, 0.6) is 0 Å². The third kappa shape index (κ3) is 4.36. The molecule has 0 unspecified atom stereocenters. The summed E-state index contributed by atoms with van der Waals surface area (Å²) < 4.78 is 0.993. The molecule has 0 radical (unpaired) electrons. The van der Waals surface area contributed by atoms with Gasteiger partial charge in [0.15, 0.2) is 0 Å². The first-order chi connectivity index (χ1) is 11.7. The minimum atomic E-state index is -0.256. The quantitative estimate of drug-likeness (QED) is 0.706. The van der Waals surface area contributed by atoms with Gasteiger partial charge in [-0.3, -0.25) is 9.78 Å². The lowest BCUT2D eigenvalue weighted by molar-refractivity contribution is 0.0946. The number of amides is 1. The molecule has 0 spiro atoms. The fourth-order valence-corrected chi connectivity index (χ4v) is 2.27. The predicted molar refractivity (Wildman–Crippen MR) is 94.9 cm³/mol. The Balaban J connectivity index is 1.65. The Morgan fingerprint density at radius 2 is 1.79 bits per heavy atom. The van der Waals surface area contributed by atoms with Crippen molar-refractivity contribution in [1.82, 2.24) is 20.3 Å². The van der Waals surface area contributed by atoms with Gasteiger partial charge in [0.25, 0.3) is 5.91 Å². The molecule has 6 nitrogen and oxygen atoms in total. The number of nitrogens with zero attached hydrogens (tertiary/aromatic N) is 3. The number of halogens is 1. The molecule has 24 heavy (non-hydrogen) atoms. The van der Waals surface area contributed by atoms with Crippen LogP contribution in [0, 0.1) is 0 Å². The number of carbonyl (C=O) groups excluding carboxylic acids is 1. The van der Waals surface area contributed by atoms with Gasteiger partial charge in [-0.15, -0.1) is 0 Å². The van der Waals surface area contributed by atoms with Crippen molar-refractivity contribution in [2.45, 2.75) is 6.54 Å². The lowest BCUT2D eigenvalue weighted by Gasteiger charge is -2.08. The second kappa shape index (κ2) is 7.65. The normalized spacial score (nSPS) is 10.2. The van der Waals surface area contributed by atoms with Gasteiger partial charge >= 0.3 is 0 Å². The Labute approximate surface area is 147 Å². The number of hydrogen-bond donors (Lipinski definition) is 2. The highest BCUT2D eigenvalue weighted by Crippen LogP contribution is 2.18. The summed E-state index contributed by atoms with van der Waals surface area (Å²) in [6.45, 7) is 0.417. The summed E-state index contributed by atoms with van der Waals surface area (Å²) in [4.78, 5) is 24.3. The van der Waals surface area contributed by atoms with Crippen LogP contribution >= 0.6 is 15.9 Å². The number of carbonyl (C=O) groups is 1. The van der Waals surface area contributed by atoms with Gasteiger partial charge in [0.05, 0.1) is 0 Å². The maximum absolute atomic E-state index is 12.2. The van der Waals surface area contributed by atoms with E-state index in [2.05, 4.69) is 41.5 Å². The highest BCUT2D eigenvalue weighted by Gasteiger charge is 2.08. The number of benzene rings is 1. The Morgan fingerprint density at radius 3 is 2.54 bits per heavy atom. The van der Waals surface area contributed by atoms with E-state index in [4.69, 9.17) is 0 Å². The van der Waals surface area contributed by atoms with Crippen molar-refractivity contribution in [2.24, 2.45) is 0 Å². The van der Waals surface area contributed by atoms with Crippen molar-refractivity contribution >= 4 is 33.3 Å². The van der Waals surface area contributed by atoms with Gasteiger partial charge < -0.3 is 10.6 Å². The van der Waals surface area contributed by atoms with Crippen LogP contribution in [0.4, 0.5) is 11.5 Å². The van der Waals surface area contributed by atoms with Gasteiger partial charge in [0.1, 0.15) is 17.8 Å². The Morgan fingerprint density at radius 1 is 1.04 bits per heavy atom. The molecule has 0 saturated carbocycles. The molecule has 2 N–H and O–H groups in total. The van der Waals surface area contributed by atoms with E-state index in [1.165, 1.54) is 6.33 Å². The number of pyridine rings is 1. The molecule has 0 aliphatic rings. The molecular weight excluding hydrogens is 370 g/mol. The first-order valence-corrected chi connectivity index (χ1v) is 8.02. The average molecular weight is 384 g/mol. The Hall–Kier alpha value is -2.80. The van der Waals surface area contributed by atoms with Crippen LogP contribution in [-0.4, -0.2) is 20.9 Å². The van der Waals surface area contributed by atoms with E-state index in [1.54, 1.807) is 18.5 Å². The van der Waals surface area contributed by atoms with Crippen LogP contribution in [0.25, 0.3) is 0 Å². The van der Waals surface area contributed by atoms with E-state index in [-0.39, 0.29) is 5.91 Å². The lowest BCUT2D eigenvalue weighted by atomic mass is 10.2. The molecule has 0 aliphatic carbocycles. The van der Waals surface area contributed by atoms with Crippen LogP contribution in [0.3, 0.4) is 0 Å². The van der Waals surface area contributed by atoms with Gasteiger partial charge in [-0.1, -0.05) is 15.9 Å². The van der Waals surface area contributed by atoms with E-state index in [9.17, 15) is 4.79 Å². The van der Waals surface area contributed by atoms with E-state index in [0.29, 0.717) is 18.1 Å². The topological polar surface area (TPSA) is 79.8 Å². The maximum Gasteiger partial charge on any atom is 0.270 e. The Kier molecular flexibility index (Phi) is 5.12. The molecule has 3 rings (SSSR count). The van der Waals surface area contributed by atoms with Crippen molar-refractivity contribution < 1.29 is 4.79 Å². The maximum atomic E-state index is 12.2. The van der Waals surface area contributed by atoms with Gasteiger partial charge in [-0.05, 0) is 42.0 Å². The summed E-state index contributed by atoms with van der Waals surface area (Å²) in [7, 11) is 0. The molecule has 0 aliphatic heterocycles. The average Bonchev–Trinajstić information content (AvgIpc) is 2.63. The Bertz CT molecular complexity index is 824. The number of aromatic nitrogens is 3. The van der Waals surface area contributed by atoms with Gasteiger partial charge in [0, 0.05) is 35.2 Å². The molecule has 3 aromatic rings. The van der Waals surface area contributed by atoms with E-state index < -0.39 is 0 Å². The van der Waals surface area contributed by atoms with E-state index >= 15 is 0 Å². The van der Waals surface area contributed by atoms with Gasteiger partial charge in [-0.25, -0.2) is 9.97 Å². The highest BCUT2D eigenvalue weighted by atomic mass is 79.9. The molecule has 0 atom stereocenters. The zero-order valence-electron chi connectivity index (χ0n) is 12.6. The zero-order valence-corrected chi connectivity index (χ0v) is 14.2. The summed E-state index contributed by atoms with van der Waals surface area (Å²) in [5, 5.41) is 5.96. The number of anilines is 2. The SMILES string of the molecule is O=C(NCc1ccncc1)c1cc(Nc2ccc(Br)cc2)ncn1. The second-order valence-electron chi connectivity index (χ2n) is 4.96. The predicted octanol–water partition coefficient (Wildman–Crippen LogP) is 3.31. The van der Waals surface area contributed by atoms with Gasteiger partial charge in [-0.2, -0.15) is 0 Å². The molecule has 0 fully saturated rings. The minimum Gasteiger partial charge on any atom is -0.347 e. The summed E-state index contributed by atoms with van der Waals surface area (Å²) >= 11 is 3.39. The third-order valence-corrected chi connectivity index (χ3v) is 3.75. The van der Waals surface area contributed by atoms with Crippen molar-refractivity contribution in [3.63, 3.8) is 0 Å². The van der Waals surface area contributed by atoms with Crippen molar-refractivity contribution in [3.05, 3.63) is 76.9 Å². The second-order valence-corrected chi connectivity index (χ2v) is 5.87. The lowest BCUT2D eigenvalue weighted by Crippen LogP contribution is -2.24. The largest absolute Gasteiger partial charge is 0.347 e. The smallest absolute Gasteiger partial charge is 0.270 e. The molecular formula is C17H14BrN5O. The number of nitrogens with one attached hydrogen (secondary N) is 2. The molecule has 1 amide bonds. The summed E-state index contributed by atoms with van der Waals surface area (Å²) in [5.41, 5.74) is 2.15. The fraction of sp³-hybridized carbons (Fsp3) is 0.0588. The van der Waals surface area contributed by atoms with Crippen LogP contribution in [0.2, 0.25) is 0 Å². The summed E-state index contributed by atoms with van der Waals surface area (Å²) in [6, 6.07) is 13.0. The van der Waals surface area contributed by atoms with Gasteiger partial charge in [0.2, 0.25) is 0 Å². The molecule has 120 valence electrons. The van der Waals surface area contributed by atoms with Crippen molar-refractivity contribution in [1.29, 1.82) is 0 Å². The van der Waals surface area contributed by atoms with E-state index in [1.807, 2.05) is 36.4 Å². The molecule has 1 aromatic carbocycles. The third-order valence-electron chi connectivity index (χ3n) is 3.22. The van der Waals surface area contributed by atoms with Crippen LogP contribution in [0.15, 0.2) is 65.7 Å². The summed E-state index contributed by atoms with van der Waals surface area (Å²) in [6.07, 6.45) is 4.74. The molecule has 2 heterocycles. The first-order valence-electron chi connectivity index (χ1n) is 7.22. The van der Waals surface area contributed by atoms with Crippen LogP contribution in [-0.2, 0) is 6.54 Å². The van der Waals surface area contributed by atoms with Crippen LogP contribution < -0.4 is 10.6 Å². The fourth-order valence-electron chi connectivity index (χ4n) is 2.00. The first kappa shape index (κ1) is 16.1. The summed E-state index contributed by atoms with van der Waals surface area (Å²) in [5.74, 6) is 0.300. The van der Waals surface area contributed by atoms with Crippen LogP contribution in [0.1, 0.15) is 16.1 Å². The zero-order chi connectivity index (χ0) is 16.8. The molecule has 2 aromatic heterocycles. The molecule has 7 heteroatoms. The highest BCUT2D eigenvalue weighted by molar-refractivity contribution is 9.10. The molecule has 0 saturated heterocycles. The number of rotatable bonds is 5. The standard InChI is InChI=1S/C17H14BrN5O/c18-13-1-3-14(4-2-13)23-16-9-15(21-11-22-16)17(24)20-10-12-5-7-19-8-6-12/h1-9,11H,10H2,(H,20,24)(H,21,22,23). The minimum absolute atomic E-state index is 0.256. The monoisotopic (exact) mass is 383 g/mol. The van der Waals surface area contributed by atoms with Crippen molar-refractivity contribution in [3.8, 4) is 0 Å². The number of hydrogen-bond acceptors (Lipinski definition) is 5. The molecule has 0 bridgehead atoms. The van der Waals surface area contributed by atoms with Crippen molar-refractivity contribution in [2.75, 3.05) is 5.32 Å².